The van der Waals surface area contributed by atoms with Crippen LogP contribution in [-0.2, 0) is 14.0 Å². The lowest BCUT2D eigenvalue weighted by atomic mass is 9.95. The Kier molecular flexibility index (Phi) is 6.56. The number of ether oxygens (including phenoxy) is 1. The summed E-state index contributed by atoms with van der Waals surface area (Å²) in [4.78, 5) is 30.0. The Morgan fingerprint density at radius 2 is 1.73 bits per heavy atom. The number of allylic oxidation sites excluding steroid dienone is 1. The number of hydrogen-bond donors (Lipinski definition) is 2. The van der Waals surface area contributed by atoms with Crippen molar-refractivity contribution in [3.8, 4) is 5.75 Å². The fraction of sp³-hybridized carbons (Fsp3) is 0.312. The number of nitrogens with one attached hydrogen (secondary N) is 2. The summed E-state index contributed by atoms with van der Waals surface area (Å²) in [5.41, 5.74) is 3.47. The number of fused-ring (bicyclic) bond motifs is 2. The highest BCUT2D eigenvalue weighted by atomic mass is 35.5. The van der Waals surface area contributed by atoms with Crippen molar-refractivity contribution in [1.29, 1.82) is 0 Å². The molecule has 3 heterocycles. The van der Waals surface area contributed by atoms with E-state index >= 15 is 0 Å². The summed E-state index contributed by atoms with van der Waals surface area (Å²) in [7, 11) is -0.378. The molecule has 0 spiro atoms. The molecule has 0 bridgehead atoms. The number of para-hydroxylation sites is 1. The SMILES string of the molecule is COc1ccc2[nH]cc(C3=C(c4c(Cl)n([C@H]5C=C[C@@H](O[Si](C)(C)C(C)(C)C)C5)c5ccccc45)C(=O)NC3=O)c2c1. The number of carbonyl (C=O) groups is 2. The van der Waals surface area contributed by atoms with Crippen molar-refractivity contribution < 1.29 is 18.8 Å². The van der Waals surface area contributed by atoms with E-state index in [-0.39, 0.29) is 22.8 Å². The predicted molar refractivity (Wildman–Crippen MR) is 167 cm³/mol. The van der Waals surface area contributed by atoms with Gasteiger partial charge in [0.15, 0.2) is 8.32 Å². The minimum absolute atomic E-state index is 0.0195. The van der Waals surface area contributed by atoms with Crippen LogP contribution in [0, 0.1) is 0 Å². The molecule has 0 saturated heterocycles. The lowest BCUT2D eigenvalue weighted by molar-refractivity contribution is -0.122. The number of nitrogens with zero attached hydrogens (tertiary/aromatic N) is 1. The maximum absolute atomic E-state index is 13.5. The predicted octanol–water partition coefficient (Wildman–Crippen LogP) is 7.24. The van der Waals surface area contributed by atoms with Gasteiger partial charge in [0.05, 0.1) is 35.9 Å². The molecule has 1 aliphatic heterocycles. The van der Waals surface area contributed by atoms with Gasteiger partial charge in [0.2, 0.25) is 0 Å². The van der Waals surface area contributed by atoms with Crippen LogP contribution in [0.25, 0.3) is 33.0 Å². The van der Waals surface area contributed by atoms with Crippen LogP contribution in [0.5, 0.6) is 5.75 Å². The van der Waals surface area contributed by atoms with Crippen molar-refractivity contribution in [3.05, 3.63) is 77.1 Å². The van der Waals surface area contributed by atoms with E-state index in [1.165, 1.54) is 0 Å². The van der Waals surface area contributed by atoms with Gasteiger partial charge in [-0.1, -0.05) is 62.7 Å². The van der Waals surface area contributed by atoms with Gasteiger partial charge in [0.25, 0.3) is 11.8 Å². The number of hydrogen-bond acceptors (Lipinski definition) is 4. The summed E-state index contributed by atoms with van der Waals surface area (Å²) in [6.45, 7) is 11.2. The van der Waals surface area contributed by atoms with Gasteiger partial charge in [-0.25, -0.2) is 0 Å². The third-order valence-corrected chi connectivity index (χ3v) is 13.7. The van der Waals surface area contributed by atoms with E-state index in [1.54, 1.807) is 13.3 Å². The zero-order chi connectivity index (χ0) is 29.3. The second kappa shape index (κ2) is 9.75. The molecule has 7 nitrogen and oxygen atoms in total. The first-order chi connectivity index (χ1) is 19.4. The largest absolute Gasteiger partial charge is 0.497 e. The highest BCUT2D eigenvalue weighted by molar-refractivity contribution is 6.74. The molecule has 0 fully saturated rings. The van der Waals surface area contributed by atoms with E-state index in [0.29, 0.717) is 27.6 Å². The first-order valence-electron chi connectivity index (χ1n) is 13.8. The molecule has 0 saturated carbocycles. The van der Waals surface area contributed by atoms with Crippen LogP contribution >= 0.6 is 11.6 Å². The van der Waals surface area contributed by atoms with Crippen LogP contribution in [0.15, 0.2) is 60.8 Å². The van der Waals surface area contributed by atoms with Gasteiger partial charge in [-0.3, -0.25) is 14.9 Å². The Morgan fingerprint density at radius 3 is 2.46 bits per heavy atom. The Balaban J connectivity index is 1.49. The highest BCUT2D eigenvalue weighted by Crippen LogP contribution is 2.46. The number of halogens is 1. The van der Waals surface area contributed by atoms with E-state index in [2.05, 4.69) is 60.9 Å². The maximum atomic E-state index is 13.5. The van der Waals surface area contributed by atoms with E-state index in [1.807, 2.05) is 42.5 Å². The van der Waals surface area contributed by atoms with Gasteiger partial charge in [-0.15, -0.1) is 0 Å². The van der Waals surface area contributed by atoms with Gasteiger partial charge in [-0.05, 0) is 42.4 Å². The van der Waals surface area contributed by atoms with Crippen LogP contribution in [0.1, 0.15) is 44.4 Å². The first-order valence-corrected chi connectivity index (χ1v) is 17.1. The molecule has 2 aromatic carbocycles. The maximum Gasteiger partial charge on any atom is 0.259 e. The summed E-state index contributed by atoms with van der Waals surface area (Å²) < 4.78 is 14.2. The Morgan fingerprint density at radius 1 is 1.00 bits per heavy atom. The minimum atomic E-state index is -1.97. The molecule has 4 aromatic rings. The summed E-state index contributed by atoms with van der Waals surface area (Å²) in [6, 6.07) is 13.4. The van der Waals surface area contributed by atoms with Crippen molar-refractivity contribution in [2.45, 2.75) is 57.5 Å². The number of imide groups is 1. The molecular formula is C32H34ClN3O4Si. The molecule has 212 valence electrons. The summed E-state index contributed by atoms with van der Waals surface area (Å²) in [5, 5.41) is 4.64. The fourth-order valence-electron chi connectivity index (χ4n) is 5.66. The van der Waals surface area contributed by atoms with Crippen molar-refractivity contribution in [2.24, 2.45) is 0 Å². The van der Waals surface area contributed by atoms with Crippen molar-refractivity contribution in [3.63, 3.8) is 0 Å². The fourth-order valence-corrected chi connectivity index (χ4v) is 7.36. The minimum Gasteiger partial charge on any atom is -0.497 e. The lowest BCUT2D eigenvalue weighted by Crippen LogP contribution is -2.43. The second-order valence-electron chi connectivity index (χ2n) is 12.3. The Bertz CT molecular complexity index is 1790. The number of benzene rings is 2. The smallest absolute Gasteiger partial charge is 0.259 e. The van der Waals surface area contributed by atoms with Crippen molar-refractivity contribution in [1.82, 2.24) is 14.9 Å². The van der Waals surface area contributed by atoms with Crippen LogP contribution in [0.4, 0.5) is 0 Å². The standard InChI is InChI=1S/C32H34ClN3O4Si/c1-32(2,3)41(5,6)40-20-12-11-18(15-20)36-25-10-8-7-9-21(25)26(29(36)33)28-27(30(37)35-31(28)38)23-17-34-24-14-13-19(39-4)16-22(23)24/h7-14,16-18,20,34H,15H2,1-6H3,(H,35,37,38)/t18-,20+/m0/s1. The molecule has 2 aliphatic rings. The number of amides is 2. The molecule has 2 N–H and O–H groups in total. The molecule has 41 heavy (non-hydrogen) atoms. The average molecular weight is 588 g/mol. The molecular weight excluding hydrogens is 554 g/mol. The molecule has 0 radical (unpaired) electrons. The van der Waals surface area contributed by atoms with Gasteiger partial charge < -0.3 is 18.7 Å². The summed E-state index contributed by atoms with van der Waals surface area (Å²) in [6.07, 6.45) is 6.75. The quantitative estimate of drug-likeness (QED) is 0.141. The first kappa shape index (κ1) is 27.6. The average Bonchev–Trinajstić information content (AvgIpc) is 3.66. The monoisotopic (exact) mass is 587 g/mol. The van der Waals surface area contributed by atoms with E-state index in [4.69, 9.17) is 20.8 Å². The summed E-state index contributed by atoms with van der Waals surface area (Å²) in [5.74, 6) is -0.263. The highest BCUT2D eigenvalue weighted by Gasteiger charge is 2.41. The Hall–Kier alpha value is -3.59. The Labute approximate surface area is 245 Å². The van der Waals surface area contributed by atoms with Crippen LogP contribution < -0.4 is 10.1 Å². The normalized spacial score (nSPS) is 19.7. The van der Waals surface area contributed by atoms with Crippen molar-refractivity contribution in [2.75, 3.05) is 7.11 Å². The third kappa shape index (κ3) is 4.45. The van der Waals surface area contributed by atoms with Crippen molar-refractivity contribution >= 4 is 64.7 Å². The molecule has 6 rings (SSSR count). The number of rotatable bonds is 6. The zero-order valence-corrected chi connectivity index (χ0v) is 25.8. The van der Waals surface area contributed by atoms with Gasteiger partial charge in [0, 0.05) is 40.0 Å². The molecule has 1 aliphatic carbocycles. The van der Waals surface area contributed by atoms with E-state index < -0.39 is 20.1 Å². The topological polar surface area (TPSA) is 85.3 Å². The second-order valence-corrected chi connectivity index (χ2v) is 17.4. The van der Waals surface area contributed by atoms with E-state index in [9.17, 15) is 9.59 Å². The van der Waals surface area contributed by atoms with E-state index in [0.717, 1.165) is 28.2 Å². The number of methoxy groups -OCH3 is 1. The van der Waals surface area contributed by atoms with Crippen LogP contribution in [0.3, 0.4) is 0 Å². The molecule has 9 heteroatoms. The van der Waals surface area contributed by atoms with Crippen LogP contribution in [0.2, 0.25) is 23.3 Å². The number of carbonyl (C=O) groups excluding carboxylic acids is 2. The molecule has 2 aromatic heterocycles. The summed E-state index contributed by atoms with van der Waals surface area (Å²) >= 11 is 7.21. The third-order valence-electron chi connectivity index (χ3n) is 8.80. The lowest BCUT2D eigenvalue weighted by Gasteiger charge is -2.38. The van der Waals surface area contributed by atoms with Gasteiger partial charge in [0.1, 0.15) is 10.9 Å². The zero-order valence-electron chi connectivity index (χ0n) is 24.1. The molecule has 2 atom stereocenters. The van der Waals surface area contributed by atoms with Crippen LogP contribution in [-0.4, -0.2) is 42.9 Å². The number of aromatic amines is 1. The van der Waals surface area contributed by atoms with Gasteiger partial charge in [-0.2, -0.15) is 0 Å². The number of H-pyrrole nitrogens is 1. The van der Waals surface area contributed by atoms with Gasteiger partial charge >= 0.3 is 0 Å². The number of aromatic nitrogens is 2. The molecule has 0 unspecified atom stereocenters. The molecule has 2 amide bonds.